The molecule has 0 aromatic rings. The molecule has 0 aliphatic heterocycles. The first-order chi connectivity index (χ1) is 4.72. The maximum atomic E-state index is 10.8. The second-order valence-electron chi connectivity index (χ2n) is 2.62. The van der Waals surface area contributed by atoms with Gasteiger partial charge in [0, 0.05) is 5.92 Å². The summed E-state index contributed by atoms with van der Waals surface area (Å²) in [5.41, 5.74) is 0. The Morgan fingerprint density at radius 1 is 1.60 bits per heavy atom. The van der Waals surface area contributed by atoms with Crippen molar-refractivity contribution in [1.29, 1.82) is 0 Å². The van der Waals surface area contributed by atoms with Crippen molar-refractivity contribution in [3.8, 4) is 0 Å². The summed E-state index contributed by atoms with van der Waals surface area (Å²) >= 11 is 0. The quantitative estimate of drug-likeness (QED) is 0.409. The molecule has 1 fully saturated rings. The fourth-order valence-corrected chi connectivity index (χ4v) is 1.21. The van der Waals surface area contributed by atoms with Gasteiger partial charge in [0.2, 0.25) is 0 Å². The van der Waals surface area contributed by atoms with Crippen molar-refractivity contribution in [3.63, 3.8) is 0 Å². The number of methoxy groups -OCH3 is 1. The molecule has 0 amide bonds. The van der Waals surface area contributed by atoms with E-state index in [1.807, 2.05) is 6.92 Å². The molecule has 3 heteroatoms. The first-order valence-corrected chi connectivity index (χ1v) is 3.25. The molecule has 3 nitrogen and oxygen atoms in total. The monoisotopic (exact) mass is 142 g/mol. The zero-order valence-electron chi connectivity index (χ0n) is 6.03. The third kappa shape index (κ3) is 0.916. The van der Waals surface area contributed by atoms with Crippen LogP contribution in [-0.2, 0) is 14.3 Å². The van der Waals surface area contributed by atoms with E-state index in [1.54, 1.807) is 0 Å². The van der Waals surface area contributed by atoms with E-state index in [0.29, 0.717) is 0 Å². The largest absolute Gasteiger partial charge is 0.469 e. The van der Waals surface area contributed by atoms with Crippen LogP contribution in [-0.4, -0.2) is 19.4 Å². The van der Waals surface area contributed by atoms with Gasteiger partial charge in [-0.15, -0.1) is 0 Å². The summed E-state index contributed by atoms with van der Waals surface area (Å²) in [6.45, 7) is 1.88. The van der Waals surface area contributed by atoms with Crippen LogP contribution in [0.1, 0.15) is 6.92 Å². The highest BCUT2D eigenvalue weighted by molar-refractivity contribution is 5.82. The second kappa shape index (κ2) is 2.40. The van der Waals surface area contributed by atoms with Crippen LogP contribution in [0, 0.1) is 17.8 Å². The van der Waals surface area contributed by atoms with E-state index in [4.69, 9.17) is 0 Å². The lowest BCUT2D eigenvalue weighted by Gasteiger charge is -1.92. The van der Waals surface area contributed by atoms with Gasteiger partial charge < -0.3 is 9.53 Å². The number of hydrogen-bond donors (Lipinski definition) is 0. The third-order valence-electron chi connectivity index (χ3n) is 2.08. The van der Waals surface area contributed by atoms with E-state index in [0.717, 1.165) is 6.29 Å². The lowest BCUT2D eigenvalue weighted by atomic mass is 10.3. The zero-order valence-corrected chi connectivity index (χ0v) is 6.03. The summed E-state index contributed by atoms with van der Waals surface area (Å²) in [5.74, 6) is -0.329. The summed E-state index contributed by atoms with van der Waals surface area (Å²) in [4.78, 5) is 21.0. The summed E-state index contributed by atoms with van der Waals surface area (Å²) in [5, 5.41) is 0. The molecule has 10 heavy (non-hydrogen) atoms. The van der Waals surface area contributed by atoms with Gasteiger partial charge in [-0.2, -0.15) is 0 Å². The number of hydrogen-bond acceptors (Lipinski definition) is 3. The topological polar surface area (TPSA) is 43.4 Å². The Kier molecular flexibility index (Phi) is 1.74. The van der Waals surface area contributed by atoms with Crippen molar-refractivity contribution in [1.82, 2.24) is 0 Å². The highest BCUT2D eigenvalue weighted by Gasteiger charge is 2.52. The molecular weight excluding hydrogens is 132 g/mol. The lowest BCUT2D eigenvalue weighted by Crippen LogP contribution is -2.05. The number of aldehydes is 1. The fourth-order valence-electron chi connectivity index (χ4n) is 1.21. The van der Waals surface area contributed by atoms with Crippen LogP contribution in [0.4, 0.5) is 0 Å². The number of ether oxygens (including phenoxy) is 1. The van der Waals surface area contributed by atoms with Crippen molar-refractivity contribution in [2.24, 2.45) is 17.8 Å². The Morgan fingerprint density at radius 2 is 2.20 bits per heavy atom. The van der Waals surface area contributed by atoms with Gasteiger partial charge in [0.1, 0.15) is 6.29 Å². The average Bonchev–Trinajstić information content (AvgIpc) is 2.59. The minimum atomic E-state index is -0.260. The molecule has 1 aliphatic carbocycles. The fraction of sp³-hybridized carbons (Fsp3) is 0.714. The normalized spacial score (nSPS) is 36.8. The molecule has 0 spiro atoms. The van der Waals surface area contributed by atoms with E-state index in [2.05, 4.69) is 4.74 Å². The Morgan fingerprint density at radius 3 is 2.50 bits per heavy atom. The number of esters is 1. The number of carbonyl (C=O) groups is 2. The van der Waals surface area contributed by atoms with Gasteiger partial charge >= 0.3 is 5.97 Å². The van der Waals surface area contributed by atoms with Gasteiger partial charge in [-0.25, -0.2) is 0 Å². The van der Waals surface area contributed by atoms with Crippen LogP contribution in [0.25, 0.3) is 0 Å². The van der Waals surface area contributed by atoms with Crippen LogP contribution in [0.15, 0.2) is 0 Å². The van der Waals surface area contributed by atoms with Crippen molar-refractivity contribution >= 4 is 12.3 Å². The summed E-state index contributed by atoms with van der Waals surface area (Å²) in [6.07, 6.45) is 0.826. The van der Waals surface area contributed by atoms with Crippen LogP contribution < -0.4 is 0 Å². The number of rotatable bonds is 2. The average molecular weight is 142 g/mol. The SMILES string of the molecule is COC(=O)[C@H]1[C@H](C)[C@H]1C=O. The van der Waals surface area contributed by atoms with Gasteiger partial charge in [-0.05, 0) is 5.92 Å². The first kappa shape index (κ1) is 7.25. The molecule has 56 valence electrons. The van der Waals surface area contributed by atoms with E-state index in [9.17, 15) is 9.59 Å². The predicted octanol–water partition coefficient (Wildman–Crippen LogP) is 0.240. The standard InChI is InChI=1S/C7H10O3/c1-4-5(3-8)6(4)7(9)10-2/h3-6H,1-2H3/t4-,5-,6+/m1/s1. The molecule has 1 saturated carbocycles. The van der Waals surface area contributed by atoms with Crippen LogP contribution >= 0.6 is 0 Å². The molecule has 0 saturated heterocycles. The highest BCUT2D eigenvalue weighted by atomic mass is 16.5. The molecule has 1 aliphatic rings. The molecule has 0 aromatic carbocycles. The van der Waals surface area contributed by atoms with Gasteiger partial charge in [-0.3, -0.25) is 4.79 Å². The van der Waals surface area contributed by atoms with Gasteiger partial charge in [0.05, 0.1) is 13.0 Å². The summed E-state index contributed by atoms with van der Waals surface area (Å²) < 4.78 is 4.48. The molecule has 1 rings (SSSR count). The molecule has 0 heterocycles. The molecule has 0 unspecified atom stereocenters. The van der Waals surface area contributed by atoms with Crippen molar-refractivity contribution in [2.45, 2.75) is 6.92 Å². The Labute approximate surface area is 59.4 Å². The second-order valence-corrected chi connectivity index (χ2v) is 2.62. The molecule has 0 bridgehead atoms. The van der Waals surface area contributed by atoms with Crippen LogP contribution in [0.2, 0.25) is 0 Å². The van der Waals surface area contributed by atoms with Gasteiger partial charge in [0.15, 0.2) is 0 Å². The Hall–Kier alpha value is -0.860. The lowest BCUT2D eigenvalue weighted by molar-refractivity contribution is -0.143. The smallest absolute Gasteiger partial charge is 0.309 e. The maximum Gasteiger partial charge on any atom is 0.309 e. The molecule has 0 aromatic heterocycles. The minimum absolute atomic E-state index is 0.0903. The van der Waals surface area contributed by atoms with Crippen molar-refractivity contribution in [3.05, 3.63) is 0 Å². The first-order valence-electron chi connectivity index (χ1n) is 3.25. The molecule has 0 N–H and O–H groups in total. The van der Waals surface area contributed by atoms with Crippen molar-refractivity contribution < 1.29 is 14.3 Å². The van der Waals surface area contributed by atoms with Gasteiger partial charge in [0.25, 0.3) is 0 Å². The molecular formula is C7H10O3. The Bertz CT molecular complexity index is 164. The van der Waals surface area contributed by atoms with Crippen LogP contribution in [0.3, 0.4) is 0 Å². The summed E-state index contributed by atoms with van der Waals surface area (Å²) in [7, 11) is 1.34. The van der Waals surface area contributed by atoms with Crippen molar-refractivity contribution in [2.75, 3.05) is 7.11 Å². The van der Waals surface area contributed by atoms with E-state index < -0.39 is 0 Å². The zero-order chi connectivity index (χ0) is 7.72. The van der Waals surface area contributed by atoms with Crippen LogP contribution in [0.5, 0.6) is 0 Å². The highest BCUT2D eigenvalue weighted by Crippen LogP contribution is 2.44. The predicted molar refractivity (Wildman–Crippen MR) is 34.2 cm³/mol. The van der Waals surface area contributed by atoms with E-state index in [-0.39, 0.29) is 23.7 Å². The number of carbonyl (C=O) groups excluding carboxylic acids is 2. The Balaban J connectivity index is 2.47. The molecule has 3 atom stereocenters. The maximum absolute atomic E-state index is 10.8. The van der Waals surface area contributed by atoms with E-state index >= 15 is 0 Å². The third-order valence-corrected chi connectivity index (χ3v) is 2.08. The van der Waals surface area contributed by atoms with E-state index in [1.165, 1.54) is 7.11 Å². The minimum Gasteiger partial charge on any atom is -0.469 e. The molecule has 0 radical (unpaired) electrons. The van der Waals surface area contributed by atoms with Gasteiger partial charge in [-0.1, -0.05) is 6.92 Å². The summed E-state index contributed by atoms with van der Waals surface area (Å²) in [6, 6.07) is 0.